The van der Waals surface area contributed by atoms with Crippen molar-refractivity contribution in [2.75, 3.05) is 5.75 Å². The number of aliphatic carboxylic acids is 1. The smallest absolute Gasteiger partial charge is 0.325 e. The molecule has 6 nitrogen and oxygen atoms in total. The molecule has 0 aromatic heterocycles. The van der Waals surface area contributed by atoms with E-state index < -0.39 is 27.8 Å². The topological polar surface area (TPSA) is 101 Å². The molecule has 19 heavy (non-hydrogen) atoms. The second-order valence-corrected chi connectivity index (χ2v) is 6.12. The molecule has 0 bridgehead atoms. The van der Waals surface area contributed by atoms with Crippen LogP contribution in [0, 0.1) is 0 Å². The summed E-state index contributed by atoms with van der Waals surface area (Å²) in [6.45, 7) is 1.31. The Bertz CT molecular complexity index is 553. The average molecular weight is 285 g/mol. The fourth-order valence-corrected chi connectivity index (χ4v) is 2.61. The lowest BCUT2D eigenvalue weighted by Gasteiger charge is -2.09. The van der Waals surface area contributed by atoms with Crippen LogP contribution in [0.3, 0.4) is 0 Å². The summed E-state index contributed by atoms with van der Waals surface area (Å²) in [6, 6.07) is 6.76. The van der Waals surface area contributed by atoms with E-state index in [1.807, 2.05) is 0 Å². The van der Waals surface area contributed by atoms with Crippen LogP contribution in [0.25, 0.3) is 0 Å². The van der Waals surface area contributed by atoms with Gasteiger partial charge in [-0.3, -0.25) is 9.59 Å². The van der Waals surface area contributed by atoms with E-state index in [1.54, 1.807) is 18.2 Å². The molecule has 104 valence electrons. The first-order chi connectivity index (χ1) is 8.83. The first-order valence-corrected chi connectivity index (χ1v) is 7.28. The van der Waals surface area contributed by atoms with Crippen LogP contribution in [0.1, 0.15) is 13.3 Å². The van der Waals surface area contributed by atoms with Crippen molar-refractivity contribution < 1.29 is 23.1 Å². The molecule has 0 heterocycles. The lowest BCUT2D eigenvalue weighted by Crippen LogP contribution is -2.38. The number of sulfone groups is 1. The highest BCUT2D eigenvalue weighted by atomic mass is 32.2. The highest BCUT2D eigenvalue weighted by Crippen LogP contribution is 2.10. The molecule has 0 fully saturated rings. The van der Waals surface area contributed by atoms with Gasteiger partial charge in [0.2, 0.25) is 5.91 Å². The summed E-state index contributed by atoms with van der Waals surface area (Å²) < 4.78 is 23.7. The maximum absolute atomic E-state index is 11.9. The van der Waals surface area contributed by atoms with Gasteiger partial charge in [-0.1, -0.05) is 18.2 Å². The fraction of sp³-hybridized carbons (Fsp3) is 0.333. The van der Waals surface area contributed by atoms with E-state index >= 15 is 0 Å². The van der Waals surface area contributed by atoms with Crippen LogP contribution >= 0.6 is 0 Å². The summed E-state index contributed by atoms with van der Waals surface area (Å²) in [7, 11) is -3.52. The summed E-state index contributed by atoms with van der Waals surface area (Å²) in [5.41, 5.74) is 0. The van der Waals surface area contributed by atoms with Gasteiger partial charge in [-0.15, -0.1) is 0 Å². The molecule has 0 unspecified atom stereocenters. The Morgan fingerprint density at radius 3 is 2.37 bits per heavy atom. The molecule has 1 rings (SSSR count). The van der Waals surface area contributed by atoms with Gasteiger partial charge in [0.15, 0.2) is 9.84 Å². The van der Waals surface area contributed by atoms with Crippen molar-refractivity contribution in [3.63, 3.8) is 0 Å². The minimum Gasteiger partial charge on any atom is -0.480 e. The minimum absolute atomic E-state index is 0.147. The van der Waals surface area contributed by atoms with Gasteiger partial charge in [0.1, 0.15) is 6.04 Å². The highest BCUT2D eigenvalue weighted by molar-refractivity contribution is 7.91. The van der Waals surface area contributed by atoms with Gasteiger partial charge in [0.05, 0.1) is 10.6 Å². The predicted molar refractivity (Wildman–Crippen MR) is 68.4 cm³/mol. The largest absolute Gasteiger partial charge is 0.480 e. The van der Waals surface area contributed by atoms with Crippen molar-refractivity contribution in [2.24, 2.45) is 0 Å². The van der Waals surface area contributed by atoms with Crippen molar-refractivity contribution in [3.8, 4) is 0 Å². The Morgan fingerprint density at radius 2 is 1.84 bits per heavy atom. The van der Waals surface area contributed by atoms with Crippen molar-refractivity contribution in [1.82, 2.24) is 5.32 Å². The molecule has 0 spiro atoms. The number of hydrogen-bond donors (Lipinski definition) is 2. The van der Waals surface area contributed by atoms with Crippen LogP contribution in [0.5, 0.6) is 0 Å². The number of amides is 1. The van der Waals surface area contributed by atoms with Crippen molar-refractivity contribution in [1.29, 1.82) is 0 Å². The van der Waals surface area contributed by atoms with E-state index in [1.165, 1.54) is 19.1 Å². The number of rotatable bonds is 6. The standard InChI is InChI=1S/C12H15NO5S/c1-9(12(15)16)13-11(14)7-8-19(17,18)10-5-3-2-4-6-10/h2-6,9H,7-8H2,1H3,(H,13,14)(H,15,16)/t9-/m0/s1. The Balaban J connectivity index is 2.57. The number of carboxylic acids is 1. The van der Waals surface area contributed by atoms with Gasteiger partial charge < -0.3 is 10.4 Å². The zero-order chi connectivity index (χ0) is 14.5. The monoisotopic (exact) mass is 285 g/mol. The molecule has 0 saturated heterocycles. The van der Waals surface area contributed by atoms with Gasteiger partial charge >= 0.3 is 5.97 Å². The summed E-state index contributed by atoms with van der Waals surface area (Å²) in [5.74, 6) is -2.12. The number of carbonyl (C=O) groups excluding carboxylic acids is 1. The Morgan fingerprint density at radius 1 is 1.26 bits per heavy atom. The van der Waals surface area contributed by atoms with E-state index in [4.69, 9.17) is 5.11 Å². The third-order valence-electron chi connectivity index (χ3n) is 2.45. The molecule has 0 aliphatic rings. The van der Waals surface area contributed by atoms with E-state index in [0.717, 1.165) is 0 Å². The van der Waals surface area contributed by atoms with Crippen LogP contribution < -0.4 is 5.32 Å². The summed E-state index contributed by atoms with van der Waals surface area (Å²) >= 11 is 0. The maximum Gasteiger partial charge on any atom is 0.325 e. The molecule has 0 saturated carbocycles. The third kappa shape index (κ3) is 4.70. The zero-order valence-corrected chi connectivity index (χ0v) is 11.2. The summed E-state index contributed by atoms with van der Waals surface area (Å²) in [5, 5.41) is 10.8. The van der Waals surface area contributed by atoms with Gasteiger partial charge in [-0.2, -0.15) is 0 Å². The first kappa shape index (κ1) is 15.2. The molecule has 0 aliphatic heterocycles. The van der Waals surface area contributed by atoms with E-state index in [2.05, 4.69) is 5.32 Å². The SMILES string of the molecule is C[C@H](NC(=O)CCS(=O)(=O)c1ccccc1)C(=O)O. The summed E-state index contributed by atoms with van der Waals surface area (Å²) in [4.78, 5) is 22.1. The Hall–Kier alpha value is -1.89. The number of hydrogen-bond acceptors (Lipinski definition) is 4. The molecular weight excluding hydrogens is 270 g/mol. The Labute approximate surface area is 111 Å². The maximum atomic E-state index is 11.9. The predicted octanol–water partition coefficient (Wildman–Crippen LogP) is 0.440. The van der Waals surface area contributed by atoms with Crippen LogP contribution in [0.15, 0.2) is 35.2 Å². The van der Waals surface area contributed by atoms with Crippen LogP contribution in [-0.2, 0) is 19.4 Å². The first-order valence-electron chi connectivity index (χ1n) is 5.63. The van der Waals surface area contributed by atoms with Crippen molar-refractivity contribution in [3.05, 3.63) is 30.3 Å². The fourth-order valence-electron chi connectivity index (χ4n) is 1.35. The lowest BCUT2D eigenvalue weighted by atomic mass is 10.3. The average Bonchev–Trinajstić information content (AvgIpc) is 2.37. The molecule has 1 amide bonds. The van der Waals surface area contributed by atoms with Crippen LogP contribution in [-0.4, -0.2) is 37.2 Å². The molecule has 7 heteroatoms. The molecule has 0 radical (unpaired) electrons. The second kappa shape index (κ2) is 6.33. The van der Waals surface area contributed by atoms with Crippen LogP contribution in [0.4, 0.5) is 0 Å². The van der Waals surface area contributed by atoms with Gasteiger partial charge in [-0.25, -0.2) is 8.42 Å². The van der Waals surface area contributed by atoms with Gasteiger partial charge in [0, 0.05) is 6.42 Å². The molecule has 1 aromatic rings. The molecule has 1 aromatic carbocycles. The summed E-state index contributed by atoms with van der Waals surface area (Å²) in [6.07, 6.45) is -0.269. The molecular formula is C12H15NO5S. The van der Waals surface area contributed by atoms with Gasteiger partial charge in [-0.05, 0) is 19.1 Å². The molecule has 1 atom stereocenters. The van der Waals surface area contributed by atoms with Crippen molar-refractivity contribution in [2.45, 2.75) is 24.3 Å². The molecule has 0 aliphatic carbocycles. The number of nitrogens with one attached hydrogen (secondary N) is 1. The normalized spacial score (nSPS) is 12.7. The number of carboxylic acid groups (broad SMARTS) is 1. The number of carbonyl (C=O) groups is 2. The third-order valence-corrected chi connectivity index (χ3v) is 4.18. The van der Waals surface area contributed by atoms with E-state index in [0.29, 0.717) is 0 Å². The van der Waals surface area contributed by atoms with E-state index in [9.17, 15) is 18.0 Å². The van der Waals surface area contributed by atoms with E-state index in [-0.39, 0.29) is 17.1 Å². The van der Waals surface area contributed by atoms with Crippen LogP contribution in [0.2, 0.25) is 0 Å². The quantitative estimate of drug-likeness (QED) is 0.790. The molecule has 2 N–H and O–H groups in total. The second-order valence-electron chi connectivity index (χ2n) is 4.01. The zero-order valence-electron chi connectivity index (χ0n) is 10.4. The Kier molecular flexibility index (Phi) is 5.05. The number of benzene rings is 1. The van der Waals surface area contributed by atoms with Gasteiger partial charge in [0.25, 0.3) is 0 Å². The highest BCUT2D eigenvalue weighted by Gasteiger charge is 2.18. The minimum atomic E-state index is -3.52. The van der Waals surface area contributed by atoms with Crippen molar-refractivity contribution >= 4 is 21.7 Å². The lowest BCUT2D eigenvalue weighted by molar-refractivity contribution is -0.141.